The van der Waals surface area contributed by atoms with Crippen LogP contribution in [-0.2, 0) is 9.47 Å². The number of amides is 1. The zero-order valence-corrected chi connectivity index (χ0v) is 20.5. The summed E-state index contributed by atoms with van der Waals surface area (Å²) in [5.74, 6) is -9.88. The van der Waals surface area contributed by atoms with Gasteiger partial charge in [-0.1, -0.05) is 12.0 Å². The van der Waals surface area contributed by atoms with Gasteiger partial charge in [0, 0.05) is 36.2 Å². The number of hydrogen-bond acceptors (Lipinski definition) is 9. The highest BCUT2D eigenvalue weighted by Gasteiger charge is 2.36. The smallest absolute Gasteiger partial charge is 0.351 e. The molecule has 3 rings (SSSR count). The van der Waals surface area contributed by atoms with E-state index in [9.17, 15) is 37.4 Å². The molecule has 13 nitrogen and oxygen atoms in total. The van der Waals surface area contributed by atoms with Crippen LogP contribution in [0.3, 0.4) is 0 Å². The van der Waals surface area contributed by atoms with E-state index in [0.29, 0.717) is 6.42 Å². The number of rotatable bonds is 11. The van der Waals surface area contributed by atoms with E-state index in [1.807, 2.05) is 0 Å². The van der Waals surface area contributed by atoms with Gasteiger partial charge in [-0.05, 0) is 18.4 Å². The summed E-state index contributed by atoms with van der Waals surface area (Å²) in [4.78, 5) is 30.7. The third-order valence-electron chi connectivity index (χ3n) is 5.88. The van der Waals surface area contributed by atoms with Crippen LogP contribution in [0.25, 0.3) is 10.4 Å². The van der Waals surface area contributed by atoms with Gasteiger partial charge in [0.2, 0.25) is 0 Å². The minimum absolute atomic E-state index is 0.0184. The Labute approximate surface area is 217 Å². The van der Waals surface area contributed by atoms with Crippen LogP contribution in [0.4, 0.5) is 29.1 Å². The van der Waals surface area contributed by atoms with Crippen molar-refractivity contribution in [2.24, 2.45) is 5.11 Å². The average Bonchev–Trinajstić information content (AvgIpc) is 3.28. The molecular formula is C22H25F4N7O6. The lowest BCUT2D eigenvalue weighted by molar-refractivity contribution is -0.0462. The molecule has 1 aliphatic rings. The van der Waals surface area contributed by atoms with Crippen LogP contribution in [0.5, 0.6) is 0 Å². The quantitative estimate of drug-likeness (QED) is 0.106. The second kappa shape index (κ2) is 12.9. The highest BCUT2D eigenvalue weighted by molar-refractivity contribution is 5.95. The van der Waals surface area contributed by atoms with Crippen LogP contribution in [0.2, 0.25) is 0 Å². The maximum absolute atomic E-state index is 14.3. The number of nitrogens with two attached hydrogens (primary N) is 1. The van der Waals surface area contributed by atoms with Gasteiger partial charge < -0.3 is 30.7 Å². The predicted octanol–water partition coefficient (Wildman–Crippen LogP) is 2.25. The monoisotopic (exact) mass is 559 g/mol. The largest absolute Gasteiger partial charge is 0.394 e. The Bertz CT molecular complexity index is 1310. The first-order chi connectivity index (χ1) is 18.5. The molecule has 17 heteroatoms. The number of aromatic nitrogens is 2. The van der Waals surface area contributed by atoms with Gasteiger partial charge in [0.25, 0.3) is 5.91 Å². The fourth-order valence-corrected chi connectivity index (χ4v) is 3.95. The van der Waals surface area contributed by atoms with Crippen LogP contribution < -0.4 is 16.7 Å². The number of azide groups is 1. The third kappa shape index (κ3) is 6.29. The van der Waals surface area contributed by atoms with Crippen molar-refractivity contribution >= 4 is 17.4 Å². The van der Waals surface area contributed by atoms with Crippen LogP contribution in [0, 0.1) is 23.3 Å². The van der Waals surface area contributed by atoms with Crippen molar-refractivity contribution in [1.82, 2.24) is 14.9 Å². The lowest BCUT2D eigenvalue weighted by Gasteiger charge is -2.22. The van der Waals surface area contributed by atoms with Gasteiger partial charge >= 0.3 is 5.69 Å². The SMILES string of the molecule is CCCOC(CCNC(=O)c1c(F)c(F)c(N=[N+]=[N-])c(F)c1F)c1cn([C@H]2C[C@H](O)[C@@H](CO)O2)c(=O)nc1N. The highest BCUT2D eigenvalue weighted by Crippen LogP contribution is 2.32. The number of nitrogens with zero attached hydrogens (tertiary/aromatic N) is 5. The van der Waals surface area contributed by atoms with Gasteiger partial charge in [-0.15, -0.1) is 0 Å². The van der Waals surface area contributed by atoms with Crippen molar-refractivity contribution in [3.05, 3.63) is 61.5 Å². The van der Waals surface area contributed by atoms with E-state index in [-0.39, 0.29) is 37.4 Å². The van der Waals surface area contributed by atoms with Crippen molar-refractivity contribution in [2.75, 3.05) is 25.5 Å². The average molecular weight is 559 g/mol. The van der Waals surface area contributed by atoms with E-state index in [0.717, 1.165) is 4.57 Å². The number of nitrogens with one attached hydrogen (secondary N) is 1. The zero-order valence-electron chi connectivity index (χ0n) is 20.5. The summed E-state index contributed by atoms with van der Waals surface area (Å²) in [6.07, 6.45) is -2.09. The first-order valence-corrected chi connectivity index (χ1v) is 11.7. The molecule has 1 unspecified atom stereocenters. The van der Waals surface area contributed by atoms with E-state index in [4.69, 9.17) is 20.7 Å². The van der Waals surface area contributed by atoms with Gasteiger partial charge in [-0.2, -0.15) is 4.98 Å². The maximum Gasteiger partial charge on any atom is 0.351 e. The fraction of sp³-hybridized carbons (Fsp3) is 0.500. The summed E-state index contributed by atoms with van der Waals surface area (Å²) in [7, 11) is 0. The molecule has 1 aromatic carbocycles. The van der Waals surface area contributed by atoms with Crippen LogP contribution in [0.15, 0.2) is 16.1 Å². The fourth-order valence-electron chi connectivity index (χ4n) is 3.95. The molecular weight excluding hydrogens is 534 g/mol. The Kier molecular flexibility index (Phi) is 9.82. The van der Waals surface area contributed by atoms with E-state index < -0.39 is 77.3 Å². The maximum atomic E-state index is 14.3. The molecule has 1 aliphatic heterocycles. The van der Waals surface area contributed by atoms with Gasteiger partial charge in [0.1, 0.15) is 29.4 Å². The number of halogens is 4. The molecule has 1 amide bonds. The molecule has 0 radical (unpaired) electrons. The first-order valence-electron chi connectivity index (χ1n) is 11.7. The summed E-state index contributed by atoms with van der Waals surface area (Å²) in [6, 6.07) is 0. The molecule has 1 saturated heterocycles. The molecule has 0 aliphatic carbocycles. The first kappa shape index (κ1) is 29.8. The summed E-state index contributed by atoms with van der Waals surface area (Å²) in [6.45, 7) is 1.19. The van der Waals surface area contributed by atoms with Gasteiger partial charge in [-0.3, -0.25) is 9.36 Å². The van der Waals surface area contributed by atoms with E-state index in [2.05, 4.69) is 20.3 Å². The number of anilines is 1. The van der Waals surface area contributed by atoms with Crippen molar-refractivity contribution in [3.8, 4) is 0 Å². The molecule has 212 valence electrons. The molecule has 0 bridgehead atoms. The molecule has 4 atom stereocenters. The van der Waals surface area contributed by atoms with E-state index >= 15 is 0 Å². The van der Waals surface area contributed by atoms with Crippen molar-refractivity contribution in [3.63, 3.8) is 0 Å². The standard InChI is InChI=1S/C22H25F4N7O6/c1-2-5-38-11(9-7-33(22(37)30-20(9)27)13-6-10(35)12(8-34)39-13)3-4-29-21(36)14-15(23)17(25)19(31-32-28)18(26)16(14)24/h7,10-13,34-35H,2-6,8H2,1H3,(H,29,36)(H2,27,30,37)/t10-,11?,12+,13+/m0/s1. The van der Waals surface area contributed by atoms with Crippen molar-refractivity contribution in [2.45, 2.75) is 50.7 Å². The number of ether oxygens (including phenoxy) is 2. The Morgan fingerprint density at radius 3 is 2.59 bits per heavy atom. The molecule has 0 saturated carbocycles. The molecule has 1 aromatic heterocycles. The van der Waals surface area contributed by atoms with Gasteiger partial charge in [-0.25, -0.2) is 22.4 Å². The Morgan fingerprint density at radius 2 is 2.03 bits per heavy atom. The van der Waals surface area contributed by atoms with Crippen molar-refractivity contribution in [1.29, 1.82) is 0 Å². The number of benzene rings is 1. The predicted molar refractivity (Wildman–Crippen MR) is 126 cm³/mol. The van der Waals surface area contributed by atoms with Crippen molar-refractivity contribution < 1.29 is 42.0 Å². The minimum atomic E-state index is -2.05. The summed E-state index contributed by atoms with van der Waals surface area (Å²) < 4.78 is 69.0. The van der Waals surface area contributed by atoms with Crippen LogP contribution in [0.1, 0.15) is 54.4 Å². The van der Waals surface area contributed by atoms with Gasteiger partial charge in [0.15, 0.2) is 23.3 Å². The molecule has 1 fully saturated rings. The minimum Gasteiger partial charge on any atom is -0.394 e. The second-order valence-corrected chi connectivity index (χ2v) is 8.46. The molecule has 39 heavy (non-hydrogen) atoms. The number of hydrogen-bond donors (Lipinski definition) is 4. The zero-order chi connectivity index (χ0) is 28.9. The molecule has 2 heterocycles. The Balaban J connectivity index is 1.83. The number of aliphatic hydroxyl groups is 2. The molecule has 2 aromatic rings. The normalized spacial score (nSPS) is 19.5. The Hall–Kier alpha value is -3.76. The van der Waals surface area contributed by atoms with Gasteiger partial charge in [0.05, 0.1) is 18.8 Å². The number of nitrogen functional groups attached to an aromatic ring is 1. The summed E-state index contributed by atoms with van der Waals surface area (Å²) >= 11 is 0. The van der Waals surface area contributed by atoms with E-state index in [1.165, 1.54) is 6.20 Å². The lowest BCUT2D eigenvalue weighted by Crippen LogP contribution is -2.31. The summed E-state index contributed by atoms with van der Waals surface area (Å²) in [5, 5.41) is 24.0. The lowest BCUT2D eigenvalue weighted by atomic mass is 10.1. The molecule has 0 spiro atoms. The number of carbonyl (C=O) groups is 1. The Morgan fingerprint density at radius 1 is 1.36 bits per heavy atom. The number of carbonyl (C=O) groups excluding carboxylic acids is 1. The third-order valence-corrected chi connectivity index (χ3v) is 5.88. The van der Waals surface area contributed by atoms with E-state index in [1.54, 1.807) is 6.92 Å². The topological polar surface area (TPSA) is 198 Å². The molecule has 5 N–H and O–H groups in total. The second-order valence-electron chi connectivity index (χ2n) is 8.46. The van der Waals surface area contributed by atoms with Crippen LogP contribution >= 0.6 is 0 Å². The summed E-state index contributed by atoms with van der Waals surface area (Å²) in [5.41, 5.74) is 10.5. The highest BCUT2D eigenvalue weighted by atomic mass is 19.2. The van der Waals surface area contributed by atoms with Crippen LogP contribution in [-0.4, -0.2) is 57.6 Å². The number of aliphatic hydroxyl groups excluding tert-OH is 2.